The fourth-order valence-electron chi connectivity index (χ4n) is 3.27. The number of nitrogens with zero attached hydrogens (tertiary/aromatic N) is 2. The molecule has 3 nitrogen and oxygen atoms in total. The molecule has 1 aromatic carbocycles. The summed E-state index contributed by atoms with van der Waals surface area (Å²) in [6.07, 6.45) is 6.02. The highest BCUT2D eigenvalue weighted by Crippen LogP contribution is 2.26. The van der Waals surface area contributed by atoms with Gasteiger partial charge in [-0.15, -0.1) is 0 Å². The molecular formula is C17H22N2O. The number of fused-ring (bicyclic) bond motifs is 1. The predicted octanol–water partition coefficient (Wildman–Crippen LogP) is 3.75. The number of hydrogen-bond acceptors (Lipinski definition) is 2. The molecule has 0 N–H and O–H groups in total. The first-order valence-electron chi connectivity index (χ1n) is 7.76. The van der Waals surface area contributed by atoms with Crippen molar-refractivity contribution in [1.29, 1.82) is 0 Å². The Hall–Kier alpha value is -1.64. The van der Waals surface area contributed by atoms with Crippen LogP contribution in [-0.2, 0) is 17.8 Å². The Morgan fingerprint density at radius 3 is 2.95 bits per heavy atom. The number of aryl methyl sites for hydroxylation is 2. The standard InChI is InChI=1S/C17H22N2O/c1-2-6-17-18-14-8-3-4-9-15(14)19(17)12-11-13-7-5-10-16(13)20/h3-4,8-9,13H,2,5-7,10-12H2,1H3. The number of rotatable bonds is 5. The molecule has 3 heteroatoms. The van der Waals surface area contributed by atoms with E-state index in [1.54, 1.807) is 0 Å². The van der Waals surface area contributed by atoms with Crippen molar-refractivity contribution in [1.82, 2.24) is 9.55 Å². The summed E-state index contributed by atoms with van der Waals surface area (Å²) in [5.74, 6) is 1.91. The first-order chi connectivity index (χ1) is 9.79. The third kappa shape index (κ3) is 2.49. The van der Waals surface area contributed by atoms with E-state index in [0.29, 0.717) is 5.78 Å². The molecule has 1 saturated carbocycles. The van der Waals surface area contributed by atoms with Crippen LogP contribution in [0.3, 0.4) is 0 Å². The number of hydrogen-bond donors (Lipinski definition) is 0. The Morgan fingerprint density at radius 2 is 2.20 bits per heavy atom. The summed E-state index contributed by atoms with van der Waals surface area (Å²) in [6.45, 7) is 3.11. The van der Waals surface area contributed by atoms with Crippen LogP contribution in [0.1, 0.15) is 44.9 Å². The van der Waals surface area contributed by atoms with Crippen molar-refractivity contribution in [3.63, 3.8) is 0 Å². The minimum Gasteiger partial charge on any atom is -0.328 e. The van der Waals surface area contributed by atoms with Gasteiger partial charge in [-0.25, -0.2) is 4.98 Å². The van der Waals surface area contributed by atoms with Crippen LogP contribution in [0.15, 0.2) is 24.3 Å². The lowest BCUT2D eigenvalue weighted by Gasteiger charge is -2.12. The van der Waals surface area contributed by atoms with Gasteiger partial charge < -0.3 is 4.57 Å². The number of carbonyl (C=O) groups is 1. The molecule has 1 aromatic heterocycles. The lowest BCUT2D eigenvalue weighted by molar-refractivity contribution is -0.120. The third-order valence-electron chi connectivity index (χ3n) is 4.34. The molecule has 0 radical (unpaired) electrons. The number of para-hydroxylation sites is 2. The van der Waals surface area contributed by atoms with Crippen LogP contribution in [0.5, 0.6) is 0 Å². The number of aromatic nitrogens is 2. The van der Waals surface area contributed by atoms with Crippen molar-refractivity contribution >= 4 is 16.8 Å². The van der Waals surface area contributed by atoms with Crippen LogP contribution in [0.4, 0.5) is 0 Å². The zero-order chi connectivity index (χ0) is 13.9. The van der Waals surface area contributed by atoms with Gasteiger partial charge in [0.2, 0.25) is 0 Å². The van der Waals surface area contributed by atoms with Gasteiger partial charge in [-0.3, -0.25) is 4.79 Å². The minimum atomic E-state index is 0.283. The Labute approximate surface area is 120 Å². The van der Waals surface area contributed by atoms with E-state index < -0.39 is 0 Å². The highest BCUT2D eigenvalue weighted by Gasteiger charge is 2.24. The highest BCUT2D eigenvalue weighted by molar-refractivity contribution is 5.82. The quantitative estimate of drug-likeness (QED) is 0.829. The van der Waals surface area contributed by atoms with Crippen molar-refractivity contribution in [3.05, 3.63) is 30.1 Å². The zero-order valence-corrected chi connectivity index (χ0v) is 12.1. The average molecular weight is 270 g/mol. The van der Waals surface area contributed by atoms with Gasteiger partial charge >= 0.3 is 0 Å². The summed E-state index contributed by atoms with van der Waals surface area (Å²) in [4.78, 5) is 16.5. The second-order valence-electron chi connectivity index (χ2n) is 5.76. The maximum absolute atomic E-state index is 11.8. The molecule has 0 spiro atoms. The topological polar surface area (TPSA) is 34.9 Å². The van der Waals surface area contributed by atoms with E-state index in [9.17, 15) is 4.79 Å². The smallest absolute Gasteiger partial charge is 0.136 e. The van der Waals surface area contributed by atoms with Crippen molar-refractivity contribution in [2.45, 2.75) is 52.0 Å². The normalized spacial score (nSPS) is 19.1. The SMILES string of the molecule is CCCc1nc2ccccc2n1CCC1CCCC1=O. The number of benzene rings is 1. The Balaban J connectivity index is 1.84. The van der Waals surface area contributed by atoms with Crippen LogP contribution in [0, 0.1) is 5.92 Å². The third-order valence-corrected chi connectivity index (χ3v) is 4.34. The van der Waals surface area contributed by atoms with Gasteiger partial charge in [0.1, 0.15) is 11.6 Å². The van der Waals surface area contributed by atoms with E-state index in [2.05, 4.69) is 29.7 Å². The molecule has 106 valence electrons. The monoisotopic (exact) mass is 270 g/mol. The molecule has 2 aromatic rings. The summed E-state index contributed by atoms with van der Waals surface area (Å²) >= 11 is 0. The molecule has 1 aliphatic rings. The molecule has 0 bridgehead atoms. The molecule has 0 amide bonds. The molecule has 1 heterocycles. The van der Waals surface area contributed by atoms with E-state index in [0.717, 1.165) is 50.6 Å². The van der Waals surface area contributed by atoms with Crippen molar-refractivity contribution in [3.8, 4) is 0 Å². The summed E-state index contributed by atoms with van der Waals surface area (Å²) in [7, 11) is 0. The molecule has 1 atom stereocenters. The molecule has 3 rings (SSSR count). The van der Waals surface area contributed by atoms with Gasteiger partial charge in [-0.1, -0.05) is 19.1 Å². The maximum Gasteiger partial charge on any atom is 0.136 e. The molecule has 0 aliphatic heterocycles. The number of carbonyl (C=O) groups excluding carboxylic acids is 1. The van der Waals surface area contributed by atoms with Gasteiger partial charge in [0.25, 0.3) is 0 Å². The first kappa shape index (κ1) is 13.3. The van der Waals surface area contributed by atoms with E-state index >= 15 is 0 Å². The van der Waals surface area contributed by atoms with Gasteiger partial charge in [0, 0.05) is 25.3 Å². The fourth-order valence-corrected chi connectivity index (χ4v) is 3.27. The molecule has 0 saturated heterocycles. The van der Waals surface area contributed by atoms with Crippen LogP contribution in [0.25, 0.3) is 11.0 Å². The molecular weight excluding hydrogens is 248 g/mol. The molecule has 1 unspecified atom stereocenters. The van der Waals surface area contributed by atoms with Crippen LogP contribution in [-0.4, -0.2) is 15.3 Å². The Kier molecular flexibility index (Phi) is 3.86. The predicted molar refractivity (Wildman–Crippen MR) is 80.7 cm³/mol. The Morgan fingerprint density at radius 1 is 1.35 bits per heavy atom. The van der Waals surface area contributed by atoms with E-state index in [4.69, 9.17) is 4.98 Å². The number of imidazole rings is 1. The summed E-state index contributed by atoms with van der Waals surface area (Å²) in [5.41, 5.74) is 2.29. The van der Waals surface area contributed by atoms with Gasteiger partial charge in [0.05, 0.1) is 11.0 Å². The van der Waals surface area contributed by atoms with E-state index in [-0.39, 0.29) is 5.92 Å². The van der Waals surface area contributed by atoms with Crippen molar-refractivity contribution < 1.29 is 4.79 Å². The average Bonchev–Trinajstić information content (AvgIpc) is 3.01. The van der Waals surface area contributed by atoms with Gasteiger partial charge in [0.15, 0.2) is 0 Å². The molecule has 20 heavy (non-hydrogen) atoms. The van der Waals surface area contributed by atoms with Crippen LogP contribution < -0.4 is 0 Å². The van der Waals surface area contributed by atoms with E-state index in [1.165, 1.54) is 11.3 Å². The summed E-state index contributed by atoms with van der Waals surface area (Å²) in [6, 6.07) is 8.32. The van der Waals surface area contributed by atoms with Crippen LogP contribution >= 0.6 is 0 Å². The molecule has 1 fully saturated rings. The largest absolute Gasteiger partial charge is 0.328 e. The first-order valence-corrected chi connectivity index (χ1v) is 7.76. The highest BCUT2D eigenvalue weighted by atomic mass is 16.1. The number of Topliss-reactive ketones (excluding diaryl/α,β-unsaturated/α-hetero) is 1. The van der Waals surface area contributed by atoms with Crippen molar-refractivity contribution in [2.24, 2.45) is 5.92 Å². The second-order valence-corrected chi connectivity index (χ2v) is 5.76. The maximum atomic E-state index is 11.8. The number of ketones is 1. The van der Waals surface area contributed by atoms with Crippen LogP contribution in [0.2, 0.25) is 0 Å². The second kappa shape index (κ2) is 5.78. The summed E-state index contributed by atoms with van der Waals surface area (Å²) in [5, 5.41) is 0. The lowest BCUT2D eigenvalue weighted by atomic mass is 10.0. The zero-order valence-electron chi connectivity index (χ0n) is 12.1. The Bertz CT molecular complexity index is 614. The lowest BCUT2D eigenvalue weighted by Crippen LogP contribution is -2.12. The van der Waals surface area contributed by atoms with Gasteiger partial charge in [-0.05, 0) is 37.8 Å². The minimum absolute atomic E-state index is 0.283. The van der Waals surface area contributed by atoms with E-state index in [1.807, 2.05) is 6.07 Å². The summed E-state index contributed by atoms with van der Waals surface area (Å²) < 4.78 is 2.32. The van der Waals surface area contributed by atoms with Gasteiger partial charge in [-0.2, -0.15) is 0 Å². The fraction of sp³-hybridized carbons (Fsp3) is 0.529. The van der Waals surface area contributed by atoms with Crippen molar-refractivity contribution in [2.75, 3.05) is 0 Å². The molecule has 1 aliphatic carbocycles.